The van der Waals surface area contributed by atoms with Crippen LogP contribution in [0.15, 0.2) is 47.1 Å². The van der Waals surface area contributed by atoms with Crippen LogP contribution < -0.4 is 5.73 Å². The average Bonchev–Trinajstić information content (AvgIpc) is 3.20. The molecule has 1 aliphatic rings. The summed E-state index contributed by atoms with van der Waals surface area (Å²) in [6, 6.07) is 10.1. The first-order valence-corrected chi connectivity index (χ1v) is 9.13. The Morgan fingerprint density at radius 1 is 1.20 bits per heavy atom. The Morgan fingerprint density at radius 3 is 2.92 bits per heavy atom. The Hall–Kier alpha value is -2.73. The van der Waals surface area contributed by atoms with Crippen molar-refractivity contribution in [2.45, 2.75) is 25.2 Å². The minimum absolute atomic E-state index is 0.498. The molecule has 4 heterocycles. The lowest BCUT2D eigenvalue weighted by molar-refractivity contribution is 0.522. The second-order valence-corrected chi connectivity index (χ2v) is 7.49. The Labute approximate surface area is 148 Å². The number of anilines is 1. The summed E-state index contributed by atoms with van der Waals surface area (Å²) in [5.74, 6) is 3.35. The van der Waals surface area contributed by atoms with Gasteiger partial charge in [-0.2, -0.15) is 0 Å². The molecule has 0 aromatic carbocycles. The van der Waals surface area contributed by atoms with Crippen LogP contribution in [0.25, 0.3) is 21.8 Å². The zero-order valence-electron chi connectivity index (χ0n) is 13.5. The van der Waals surface area contributed by atoms with E-state index in [1.807, 2.05) is 24.4 Å². The molecule has 4 aromatic heterocycles. The van der Waals surface area contributed by atoms with Gasteiger partial charge in [0, 0.05) is 29.6 Å². The number of fused-ring (bicyclic) bond motifs is 1. The molecule has 0 aliphatic heterocycles. The molecule has 0 saturated heterocycles. The summed E-state index contributed by atoms with van der Waals surface area (Å²) >= 11 is 1.64. The highest BCUT2D eigenvalue weighted by Gasteiger charge is 2.27. The van der Waals surface area contributed by atoms with Crippen LogP contribution in [0.1, 0.15) is 35.0 Å². The second-order valence-electron chi connectivity index (χ2n) is 6.38. The summed E-state index contributed by atoms with van der Waals surface area (Å²) in [6.07, 6.45) is 6.89. The van der Waals surface area contributed by atoms with Crippen molar-refractivity contribution in [3.05, 3.63) is 58.9 Å². The monoisotopic (exact) mass is 348 g/mol. The molecule has 5 rings (SSSR count). The number of hydrogen-bond acceptors (Lipinski definition) is 6. The molecule has 2 N–H and O–H groups in total. The van der Waals surface area contributed by atoms with Crippen molar-refractivity contribution >= 4 is 27.4 Å². The first kappa shape index (κ1) is 14.6. The fourth-order valence-corrected chi connectivity index (χ4v) is 4.02. The molecule has 0 unspecified atom stereocenters. The molecule has 1 aliphatic carbocycles. The van der Waals surface area contributed by atoms with Crippen molar-refractivity contribution in [2.24, 2.45) is 0 Å². The van der Waals surface area contributed by atoms with Crippen molar-refractivity contribution in [1.82, 2.24) is 15.0 Å². The minimum Gasteiger partial charge on any atom is -0.457 e. The molecule has 25 heavy (non-hydrogen) atoms. The minimum atomic E-state index is 0.498. The van der Waals surface area contributed by atoms with E-state index >= 15 is 0 Å². The van der Waals surface area contributed by atoms with Crippen LogP contribution in [0.5, 0.6) is 0 Å². The van der Waals surface area contributed by atoms with E-state index < -0.39 is 0 Å². The summed E-state index contributed by atoms with van der Waals surface area (Å²) in [6.45, 7) is 0. The SMILES string of the molecule is Nc1nc(-c2ccc(C3CC3)o2)nc2sc(Cc3cccnc3)cc12. The van der Waals surface area contributed by atoms with Gasteiger partial charge in [0.05, 0.1) is 5.39 Å². The number of nitrogens with zero attached hydrogens (tertiary/aromatic N) is 3. The maximum atomic E-state index is 6.18. The third-order valence-electron chi connectivity index (χ3n) is 4.40. The normalized spacial score (nSPS) is 14.2. The van der Waals surface area contributed by atoms with Gasteiger partial charge in [-0.1, -0.05) is 6.07 Å². The van der Waals surface area contributed by atoms with Gasteiger partial charge in [-0.25, -0.2) is 9.97 Å². The standard InChI is InChI=1S/C19H16N4OS/c20-17-14-9-13(8-11-2-1-7-21-10-11)25-19(14)23-18(22-17)16-6-5-15(24-16)12-3-4-12/h1-2,5-7,9-10,12H,3-4,8H2,(H2,20,22,23). The quantitative estimate of drug-likeness (QED) is 0.591. The van der Waals surface area contributed by atoms with Crippen LogP contribution in [0.2, 0.25) is 0 Å². The van der Waals surface area contributed by atoms with Crippen LogP contribution >= 0.6 is 11.3 Å². The summed E-state index contributed by atoms with van der Waals surface area (Å²) in [5, 5.41) is 0.904. The third-order valence-corrected chi connectivity index (χ3v) is 5.43. The van der Waals surface area contributed by atoms with E-state index in [2.05, 4.69) is 27.1 Å². The molecule has 0 atom stereocenters. The van der Waals surface area contributed by atoms with Crippen LogP contribution in [-0.4, -0.2) is 15.0 Å². The fourth-order valence-electron chi connectivity index (χ4n) is 2.95. The summed E-state index contributed by atoms with van der Waals surface area (Å²) in [5.41, 5.74) is 7.35. The third kappa shape index (κ3) is 2.78. The van der Waals surface area contributed by atoms with Crippen molar-refractivity contribution in [3.63, 3.8) is 0 Å². The first-order chi connectivity index (χ1) is 12.3. The Balaban J connectivity index is 1.51. The fraction of sp³-hybridized carbons (Fsp3) is 0.211. The summed E-state index contributed by atoms with van der Waals surface area (Å²) < 4.78 is 5.92. The molecule has 1 fully saturated rings. The lowest BCUT2D eigenvalue weighted by atomic mass is 10.2. The summed E-state index contributed by atoms with van der Waals surface area (Å²) in [7, 11) is 0. The molecule has 6 heteroatoms. The molecule has 4 aromatic rings. The zero-order valence-corrected chi connectivity index (χ0v) is 14.3. The van der Waals surface area contributed by atoms with Gasteiger partial charge in [-0.3, -0.25) is 4.98 Å². The number of furan rings is 1. The van der Waals surface area contributed by atoms with Gasteiger partial charge in [0.25, 0.3) is 0 Å². The molecular formula is C19H16N4OS. The average molecular weight is 348 g/mol. The van der Waals surface area contributed by atoms with Gasteiger partial charge < -0.3 is 10.2 Å². The lowest BCUT2D eigenvalue weighted by Crippen LogP contribution is -1.95. The van der Waals surface area contributed by atoms with Gasteiger partial charge in [-0.15, -0.1) is 11.3 Å². The predicted octanol–water partition coefficient (Wildman–Crippen LogP) is 4.40. The number of nitrogen functional groups attached to an aromatic ring is 1. The van der Waals surface area contributed by atoms with Crippen LogP contribution in [0, 0.1) is 0 Å². The van der Waals surface area contributed by atoms with E-state index in [1.54, 1.807) is 17.5 Å². The van der Waals surface area contributed by atoms with E-state index in [-0.39, 0.29) is 0 Å². The maximum absolute atomic E-state index is 6.18. The number of pyridine rings is 1. The van der Waals surface area contributed by atoms with Crippen molar-refractivity contribution in [1.29, 1.82) is 0 Å². The van der Waals surface area contributed by atoms with Crippen LogP contribution in [-0.2, 0) is 6.42 Å². The number of aromatic nitrogens is 3. The number of nitrogens with two attached hydrogens (primary N) is 1. The first-order valence-electron chi connectivity index (χ1n) is 8.31. The van der Waals surface area contributed by atoms with Crippen molar-refractivity contribution in [3.8, 4) is 11.6 Å². The molecule has 0 bridgehead atoms. The van der Waals surface area contributed by atoms with Crippen LogP contribution in [0.4, 0.5) is 5.82 Å². The smallest absolute Gasteiger partial charge is 0.199 e. The molecule has 5 nitrogen and oxygen atoms in total. The van der Waals surface area contributed by atoms with E-state index in [0.717, 1.165) is 22.4 Å². The maximum Gasteiger partial charge on any atom is 0.199 e. The topological polar surface area (TPSA) is 77.8 Å². The highest BCUT2D eigenvalue weighted by Crippen LogP contribution is 2.42. The molecule has 0 spiro atoms. The number of rotatable bonds is 4. The van der Waals surface area contributed by atoms with Crippen LogP contribution in [0.3, 0.4) is 0 Å². The molecule has 0 amide bonds. The zero-order chi connectivity index (χ0) is 16.8. The van der Waals surface area contributed by atoms with E-state index in [1.165, 1.54) is 23.3 Å². The van der Waals surface area contributed by atoms with Gasteiger partial charge in [0.2, 0.25) is 0 Å². The van der Waals surface area contributed by atoms with Gasteiger partial charge in [0.1, 0.15) is 16.4 Å². The number of thiophene rings is 1. The molecular weight excluding hydrogens is 332 g/mol. The van der Waals surface area contributed by atoms with E-state index in [4.69, 9.17) is 10.2 Å². The second kappa shape index (κ2) is 5.67. The van der Waals surface area contributed by atoms with Crippen molar-refractivity contribution in [2.75, 3.05) is 5.73 Å². The van der Waals surface area contributed by atoms with E-state index in [0.29, 0.717) is 23.3 Å². The summed E-state index contributed by atoms with van der Waals surface area (Å²) in [4.78, 5) is 15.4. The van der Waals surface area contributed by atoms with Crippen molar-refractivity contribution < 1.29 is 4.42 Å². The Kier molecular flexibility index (Phi) is 3.31. The Bertz CT molecular complexity index is 1050. The predicted molar refractivity (Wildman–Crippen MR) is 98.5 cm³/mol. The Morgan fingerprint density at radius 2 is 2.12 bits per heavy atom. The van der Waals surface area contributed by atoms with Gasteiger partial charge in [-0.05, 0) is 42.7 Å². The van der Waals surface area contributed by atoms with Gasteiger partial charge in [0.15, 0.2) is 11.6 Å². The molecule has 0 radical (unpaired) electrons. The molecule has 1 saturated carbocycles. The largest absolute Gasteiger partial charge is 0.457 e. The highest BCUT2D eigenvalue weighted by molar-refractivity contribution is 7.18. The lowest BCUT2D eigenvalue weighted by Gasteiger charge is -1.99. The molecule has 124 valence electrons. The van der Waals surface area contributed by atoms with Gasteiger partial charge >= 0.3 is 0 Å². The number of hydrogen-bond donors (Lipinski definition) is 1. The highest BCUT2D eigenvalue weighted by atomic mass is 32.1. The van der Waals surface area contributed by atoms with E-state index in [9.17, 15) is 0 Å².